The van der Waals surface area contributed by atoms with Crippen LogP contribution >= 0.6 is 0 Å². The standard InChI is InChI=1S/C20H27NO/c1-2-20(21-22)15-8-9-17-14(12-15)7-11-18-16-5-3-4-13(16)6-10-19(17)18/h1,12-13,15-19,22H,3-11H2/t13-,15?,16+,17-,18-,19+/m0/s1. The second-order valence-electron chi connectivity index (χ2n) is 7.96. The van der Waals surface area contributed by atoms with Gasteiger partial charge in [-0.1, -0.05) is 35.6 Å². The molecule has 6 atom stereocenters. The fourth-order valence-corrected chi connectivity index (χ4v) is 6.38. The maximum atomic E-state index is 9.08. The third kappa shape index (κ3) is 2.21. The van der Waals surface area contributed by atoms with E-state index in [1.807, 2.05) is 0 Å². The van der Waals surface area contributed by atoms with Crippen molar-refractivity contribution in [2.45, 2.75) is 57.8 Å². The Morgan fingerprint density at radius 2 is 1.95 bits per heavy atom. The van der Waals surface area contributed by atoms with Gasteiger partial charge in [0.2, 0.25) is 0 Å². The lowest BCUT2D eigenvalue weighted by molar-refractivity contribution is 0.0480. The van der Waals surface area contributed by atoms with Gasteiger partial charge in [0, 0.05) is 5.92 Å². The van der Waals surface area contributed by atoms with Gasteiger partial charge in [-0.25, -0.2) is 0 Å². The molecule has 0 heterocycles. The van der Waals surface area contributed by atoms with Crippen LogP contribution in [-0.2, 0) is 0 Å². The Hall–Kier alpha value is -1.23. The summed E-state index contributed by atoms with van der Waals surface area (Å²) in [7, 11) is 0. The van der Waals surface area contributed by atoms with Gasteiger partial charge in [-0.2, -0.15) is 0 Å². The molecule has 118 valence electrons. The monoisotopic (exact) mass is 297 g/mol. The highest BCUT2D eigenvalue weighted by atomic mass is 16.4. The Balaban J connectivity index is 1.55. The second-order valence-corrected chi connectivity index (χ2v) is 7.96. The average molecular weight is 297 g/mol. The van der Waals surface area contributed by atoms with Crippen molar-refractivity contribution in [3.8, 4) is 12.3 Å². The topological polar surface area (TPSA) is 32.6 Å². The van der Waals surface area contributed by atoms with Crippen LogP contribution in [0, 0.1) is 47.9 Å². The van der Waals surface area contributed by atoms with Gasteiger partial charge in [-0.15, -0.1) is 6.42 Å². The second kappa shape index (κ2) is 5.76. The Kier molecular flexibility index (Phi) is 3.76. The molecular weight excluding hydrogens is 270 g/mol. The normalized spacial score (nSPS) is 44.3. The summed E-state index contributed by atoms with van der Waals surface area (Å²) in [5.41, 5.74) is 2.15. The third-order valence-electron chi connectivity index (χ3n) is 7.26. The molecule has 3 saturated carbocycles. The Morgan fingerprint density at radius 3 is 2.77 bits per heavy atom. The number of terminal acetylenes is 1. The molecule has 0 aromatic rings. The molecule has 0 saturated heterocycles. The number of rotatable bonds is 1. The van der Waals surface area contributed by atoms with Gasteiger partial charge in [-0.05, 0) is 74.5 Å². The van der Waals surface area contributed by atoms with Crippen LogP contribution in [0.5, 0.6) is 0 Å². The summed E-state index contributed by atoms with van der Waals surface area (Å²) in [6.45, 7) is 0. The van der Waals surface area contributed by atoms with Crippen LogP contribution in [-0.4, -0.2) is 10.9 Å². The minimum Gasteiger partial charge on any atom is -0.410 e. The number of nitrogens with zero attached hydrogens (tertiary/aromatic N) is 1. The van der Waals surface area contributed by atoms with Gasteiger partial charge in [0.25, 0.3) is 0 Å². The molecule has 1 unspecified atom stereocenters. The van der Waals surface area contributed by atoms with E-state index < -0.39 is 0 Å². The van der Waals surface area contributed by atoms with E-state index in [4.69, 9.17) is 11.6 Å². The molecule has 0 amide bonds. The summed E-state index contributed by atoms with van der Waals surface area (Å²) >= 11 is 0. The van der Waals surface area contributed by atoms with Gasteiger partial charge < -0.3 is 5.21 Å². The first-order valence-electron chi connectivity index (χ1n) is 9.21. The number of hydrogen-bond acceptors (Lipinski definition) is 2. The van der Waals surface area contributed by atoms with Crippen molar-refractivity contribution in [1.82, 2.24) is 0 Å². The highest BCUT2D eigenvalue weighted by Crippen LogP contribution is 2.57. The van der Waals surface area contributed by atoms with Crippen molar-refractivity contribution in [1.29, 1.82) is 0 Å². The average Bonchev–Trinajstić information content (AvgIpc) is 3.04. The van der Waals surface area contributed by atoms with E-state index in [1.54, 1.807) is 5.57 Å². The molecule has 22 heavy (non-hydrogen) atoms. The van der Waals surface area contributed by atoms with Crippen LogP contribution in [0.3, 0.4) is 0 Å². The predicted octanol–water partition coefficient (Wildman–Crippen LogP) is 4.64. The summed E-state index contributed by atoms with van der Waals surface area (Å²) in [4.78, 5) is 0. The predicted molar refractivity (Wildman–Crippen MR) is 88.6 cm³/mol. The van der Waals surface area contributed by atoms with Crippen molar-refractivity contribution in [3.63, 3.8) is 0 Å². The maximum Gasteiger partial charge on any atom is 0.136 e. The molecule has 0 spiro atoms. The van der Waals surface area contributed by atoms with Crippen LogP contribution in [0.25, 0.3) is 0 Å². The molecule has 3 fully saturated rings. The number of allylic oxidation sites excluding steroid dienone is 2. The van der Waals surface area contributed by atoms with Crippen LogP contribution in [0.1, 0.15) is 57.8 Å². The number of oxime groups is 1. The summed E-state index contributed by atoms with van der Waals surface area (Å²) in [5, 5.41) is 12.4. The van der Waals surface area contributed by atoms with E-state index in [2.05, 4.69) is 17.2 Å². The highest BCUT2D eigenvalue weighted by molar-refractivity contribution is 6.02. The van der Waals surface area contributed by atoms with Crippen LogP contribution in [0.2, 0.25) is 0 Å². The summed E-state index contributed by atoms with van der Waals surface area (Å²) in [6, 6.07) is 0. The van der Waals surface area contributed by atoms with Crippen LogP contribution in [0.15, 0.2) is 16.8 Å². The smallest absolute Gasteiger partial charge is 0.136 e. The lowest BCUT2D eigenvalue weighted by Crippen LogP contribution is -2.41. The lowest BCUT2D eigenvalue weighted by Gasteiger charge is -2.49. The third-order valence-corrected chi connectivity index (χ3v) is 7.26. The Bertz CT molecular complexity index is 540. The van der Waals surface area contributed by atoms with Gasteiger partial charge in [-0.3, -0.25) is 0 Å². The SMILES string of the molecule is C#CC(=NO)C1C=C2CC[C@H]3[C@@H]4CCC[C@H]4CC[C@@H]3[C@H]2CC1. The molecule has 4 rings (SSSR count). The largest absolute Gasteiger partial charge is 0.410 e. The number of fused-ring (bicyclic) bond motifs is 5. The fourth-order valence-electron chi connectivity index (χ4n) is 6.38. The highest BCUT2D eigenvalue weighted by Gasteiger charge is 2.47. The zero-order valence-corrected chi connectivity index (χ0v) is 13.4. The quantitative estimate of drug-likeness (QED) is 0.247. The molecular formula is C20H27NO. The zero-order chi connectivity index (χ0) is 15.1. The molecule has 2 heteroatoms. The van der Waals surface area contributed by atoms with E-state index in [9.17, 15) is 0 Å². The molecule has 0 aromatic heterocycles. The van der Waals surface area contributed by atoms with Gasteiger partial charge in [0.1, 0.15) is 5.71 Å². The Labute approximate surface area is 134 Å². The Morgan fingerprint density at radius 1 is 1.05 bits per heavy atom. The molecule has 0 radical (unpaired) electrons. The molecule has 0 aliphatic heterocycles. The van der Waals surface area contributed by atoms with Crippen molar-refractivity contribution in [2.75, 3.05) is 0 Å². The van der Waals surface area contributed by atoms with Crippen molar-refractivity contribution < 1.29 is 5.21 Å². The van der Waals surface area contributed by atoms with E-state index in [0.29, 0.717) is 5.71 Å². The van der Waals surface area contributed by atoms with E-state index in [0.717, 1.165) is 36.0 Å². The maximum absolute atomic E-state index is 9.08. The molecule has 4 aliphatic carbocycles. The van der Waals surface area contributed by atoms with Crippen molar-refractivity contribution in [3.05, 3.63) is 11.6 Å². The zero-order valence-electron chi connectivity index (χ0n) is 13.4. The molecule has 4 aliphatic rings. The summed E-state index contributed by atoms with van der Waals surface area (Å²) in [5.74, 6) is 7.56. The fraction of sp³-hybridized carbons (Fsp3) is 0.750. The first kappa shape index (κ1) is 14.4. The van der Waals surface area contributed by atoms with Crippen LogP contribution in [0.4, 0.5) is 0 Å². The van der Waals surface area contributed by atoms with Gasteiger partial charge in [0.05, 0.1) is 0 Å². The summed E-state index contributed by atoms with van der Waals surface area (Å²) < 4.78 is 0. The molecule has 1 N–H and O–H groups in total. The van der Waals surface area contributed by atoms with E-state index >= 15 is 0 Å². The minimum absolute atomic E-state index is 0.181. The minimum atomic E-state index is 0.181. The first-order chi connectivity index (χ1) is 10.8. The molecule has 0 bridgehead atoms. The molecule has 0 aromatic carbocycles. The van der Waals surface area contributed by atoms with Crippen molar-refractivity contribution >= 4 is 5.71 Å². The van der Waals surface area contributed by atoms with E-state index in [1.165, 1.54) is 51.4 Å². The van der Waals surface area contributed by atoms with Gasteiger partial charge in [0.15, 0.2) is 0 Å². The summed E-state index contributed by atoms with van der Waals surface area (Å²) in [6.07, 6.45) is 20.2. The van der Waals surface area contributed by atoms with Crippen LogP contribution < -0.4 is 0 Å². The van der Waals surface area contributed by atoms with Gasteiger partial charge >= 0.3 is 0 Å². The number of hydrogen-bond donors (Lipinski definition) is 1. The van der Waals surface area contributed by atoms with Crippen molar-refractivity contribution in [2.24, 2.45) is 40.7 Å². The first-order valence-corrected chi connectivity index (χ1v) is 9.21. The van der Waals surface area contributed by atoms with E-state index in [-0.39, 0.29) is 5.92 Å². The lowest BCUT2D eigenvalue weighted by atomic mass is 9.55. The molecule has 2 nitrogen and oxygen atoms in total.